The van der Waals surface area contributed by atoms with Crippen molar-refractivity contribution in [2.45, 2.75) is 13.8 Å². The van der Waals surface area contributed by atoms with Crippen molar-refractivity contribution in [1.29, 1.82) is 0 Å². The Morgan fingerprint density at radius 1 is 1.04 bits per heavy atom. The van der Waals surface area contributed by atoms with E-state index in [4.69, 9.17) is 4.74 Å². The van der Waals surface area contributed by atoms with Crippen molar-refractivity contribution in [2.24, 2.45) is 0 Å². The topological polar surface area (TPSA) is 67.4 Å². The van der Waals surface area contributed by atoms with Crippen molar-refractivity contribution in [3.8, 4) is 5.75 Å². The first kappa shape index (κ1) is 18.4. The third-order valence-corrected chi connectivity index (χ3v) is 3.53. The fourth-order valence-corrected chi connectivity index (χ4v) is 2.12. The average molecular weight is 344 g/mol. The maximum Gasteiger partial charge on any atom is 0.258 e. The summed E-state index contributed by atoms with van der Waals surface area (Å²) in [6.07, 6.45) is 0. The van der Waals surface area contributed by atoms with Crippen LogP contribution in [0.2, 0.25) is 0 Å². The molecular weight excluding hydrogens is 323 g/mol. The van der Waals surface area contributed by atoms with Gasteiger partial charge in [-0.2, -0.15) is 0 Å². The lowest BCUT2D eigenvalue weighted by atomic mass is 10.1. The number of halogens is 1. The molecule has 0 aliphatic rings. The first-order chi connectivity index (χ1) is 12.0. The van der Waals surface area contributed by atoms with Crippen molar-refractivity contribution in [3.63, 3.8) is 0 Å². The van der Waals surface area contributed by atoms with Gasteiger partial charge in [0.1, 0.15) is 11.6 Å². The molecule has 0 spiro atoms. The lowest BCUT2D eigenvalue weighted by Gasteiger charge is -2.09. The Bertz CT molecular complexity index is 762. The Labute approximate surface area is 146 Å². The highest BCUT2D eigenvalue weighted by atomic mass is 19.1. The summed E-state index contributed by atoms with van der Waals surface area (Å²) < 4.78 is 18.8. The second-order valence-corrected chi connectivity index (χ2v) is 5.67. The summed E-state index contributed by atoms with van der Waals surface area (Å²) >= 11 is 0. The predicted molar refractivity (Wildman–Crippen MR) is 93.2 cm³/mol. The van der Waals surface area contributed by atoms with E-state index in [1.54, 1.807) is 25.1 Å². The van der Waals surface area contributed by atoms with E-state index in [0.717, 1.165) is 5.56 Å². The number of benzene rings is 2. The normalized spacial score (nSPS) is 10.2. The molecule has 0 aliphatic carbocycles. The van der Waals surface area contributed by atoms with Crippen LogP contribution >= 0.6 is 0 Å². The van der Waals surface area contributed by atoms with E-state index in [-0.39, 0.29) is 37.1 Å². The second-order valence-electron chi connectivity index (χ2n) is 5.67. The molecule has 6 heteroatoms. The number of amides is 2. The minimum Gasteiger partial charge on any atom is -0.484 e. The molecule has 2 rings (SSSR count). The van der Waals surface area contributed by atoms with Crippen LogP contribution in [-0.4, -0.2) is 31.5 Å². The molecule has 25 heavy (non-hydrogen) atoms. The highest BCUT2D eigenvalue weighted by Gasteiger charge is 2.08. The Hall–Kier alpha value is -2.89. The van der Waals surface area contributed by atoms with Crippen LogP contribution in [0.5, 0.6) is 5.75 Å². The molecule has 0 heterocycles. The molecule has 2 aromatic carbocycles. The fraction of sp³-hybridized carbons (Fsp3) is 0.263. The van der Waals surface area contributed by atoms with Crippen LogP contribution < -0.4 is 15.4 Å². The number of rotatable bonds is 7. The van der Waals surface area contributed by atoms with Crippen LogP contribution in [0.15, 0.2) is 42.5 Å². The van der Waals surface area contributed by atoms with Gasteiger partial charge < -0.3 is 15.4 Å². The van der Waals surface area contributed by atoms with Gasteiger partial charge in [-0.15, -0.1) is 0 Å². The van der Waals surface area contributed by atoms with E-state index in [2.05, 4.69) is 10.6 Å². The zero-order chi connectivity index (χ0) is 18.2. The highest BCUT2D eigenvalue weighted by Crippen LogP contribution is 2.12. The fourth-order valence-electron chi connectivity index (χ4n) is 2.12. The van der Waals surface area contributed by atoms with E-state index in [1.165, 1.54) is 6.07 Å². The molecule has 0 bridgehead atoms. The van der Waals surface area contributed by atoms with Crippen LogP contribution in [-0.2, 0) is 4.79 Å². The monoisotopic (exact) mass is 344 g/mol. The summed E-state index contributed by atoms with van der Waals surface area (Å²) in [4.78, 5) is 23.6. The molecule has 2 N–H and O–H groups in total. The van der Waals surface area contributed by atoms with Gasteiger partial charge in [0.25, 0.3) is 11.8 Å². The van der Waals surface area contributed by atoms with Gasteiger partial charge in [0.15, 0.2) is 6.61 Å². The number of nitrogens with one attached hydrogen (secondary N) is 2. The zero-order valence-corrected chi connectivity index (χ0v) is 14.3. The number of aryl methyl sites for hydroxylation is 2. The summed E-state index contributed by atoms with van der Waals surface area (Å²) in [6.45, 7) is 3.97. The van der Waals surface area contributed by atoms with Gasteiger partial charge in [-0.25, -0.2) is 4.39 Å². The molecule has 132 valence electrons. The molecule has 0 saturated carbocycles. The average Bonchev–Trinajstić information content (AvgIpc) is 2.59. The Balaban J connectivity index is 1.67. The Morgan fingerprint density at radius 2 is 1.80 bits per heavy atom. The van der Waals surface area contributed by atoms with Gasteiger partial charge in [0.2, 0.25) is 0 Å². The smallest absolute Gasteiger partial charge is 0.258 e. The molecule has 2 aromatic rings. The van der Waals surface area contributed by atoms with Gasteiger partial charge >= 0.3 is 0 Å². The van der Waals surface area contributed by atoms with Crippen molar-refractivity contribution < 1.29 is 18.7 Å². The van der Waals surface area contributed by atoms with Crippen LogP contribution in [0.4, 0.5) is 4.39 Å². The number of hydrogen-bond donors (Lipinski definition) is 2. The van der Waals surface area contributed by atoms with Crippen LogP contribution in [0.1, 0.15) is 21.5 Å². The standard InChI is InChI=1S/C19H21FN2O3/c1-13-4-3-5-16(10-13)25-12-18(23)21-8-9-22-19(24)15-7-6-14(2)17(20)11-15/h3-7,10-11H,8-9,12H2,1-2H3,(H,21,23)(H,22,24). The quantitative estimate of drug-likeness (QED) is 0.758. The van der Waals surface area contributed by atoms with Gasteiger partial charge in [-0.1, -0.05) is 18.2 Å². The maximum absolute atomic E-state index is 13.4. The lowest BCUT2D eigenvalue weighted by Crippen LogP contribution is -2.36. The minimum absolute atomic E-state index is 0.0967. The summed E-state index contributed by atoms with van der Waals surface area (Å²) in [7, 11) is 0. The van der Waals surface area contributed by atoms with E-state index < -0.39 is 5.82 Å². The molecule has 0 radical (unpaired) electrons. The van der Waals surface area contributed by atoms with Crippen LogP contribution in [0, 0.1) is 19.7 Å². The molecule has 0 aromatic heterocycles. The summed E-state index contributed by atoms with van der Waals surface area (Å²) in [5.41, 5.74) is 1.78. The summed E-state index contributed by atoms with van der Waals surface area (Å²) in [5, 5.41) is 5.26. The molecule has 2 amide bonds. The lowest BCUT2D eigenvalue weighted by molar-refractivity contribution is -0.123. The van der Waals surface area contributed by atoms with Crippen LogP contribution in [0.25, 0.3) is 0 Å². The summed E-state index contributed by atoms with van der Waals surface area (Å²) in [5.74, 6) is -0.458. The van der Waals surface area contributed by atoms with Crippen molar-refractivity contribution in [1.82, 2.24) is 10.6 Å². The first-order valence-corrected chi connectivity index (χ1v) is 7.96. The number of ether oxygens (including phenoxy) is 1. The Morgan fingerprint density at radius 3 is 2.52 bits per heavy atom. The molecule has 0 fully saturated rings. The van der Waals surface area contributed by atoms with Gasteiger partial charge in [-0.3, -0.25) is 9.59 Å². The van der Waals surface area contributed by atoms with E-state index in [1.807, 2.05) is 25.1 Å². The van der Waals surface area contributed by atoms with Crippen LogP contribution in [0.3, 0.4) is 0 Å². The molecule has 0 saturated heterocycles. The van der Waals surface area contributed by atoms with E-state index in [9.17, 15) is 14.0 Å². The van der Waals surface area contributed by atoms with Gasteiger partial charge in [0, 0.05) is 18.7 Å². The SMILES string of the molecule is Cc1cccc(OCC(=O)NCCNC(=O)c2ccc(C)c(F)c2)c1. The van der Waals surface area contributed by atoms with Gasteiger partial charge in [-0.05, 0) is 49.2 Å². The maximum atomic E-state index is 13.4. The number of carbonyl (C=O) groups excluding carboxylic acids is 2. The molecule has 0 unspecified atom stereocenters. The number of carbonyl (C=O) groups is 2. The minimum atomic E-state index is -0.422. The molecule has 0 atom stereocenters. The Kier molecular flexibility index (Phi) is 6.51. The second kappa shape index (κ2) is 8.82. The van der Waals surface area contributed by atoms with Crippen molar-refractivity contribution >= 4 is 11.8 Å². The highest BCUT2D eigenvalue weighted by molar-refractivity contribution is 5.94. The third kappa shape index (κ3) is 5.91. The molecular formula is C19H21FN2O3. The predicted octanol–water partition coefficient (Wildman–Crippen LogP) is 2.37. The van der Waals surface area contributed by atoms with Crippen molar-refractivity contribution in [2.75, 3.05) is 19.7 Å². The number of hydrogen-bond acceptors (Lipinski definition) is 3. The molecule has 0 aliphatic heterocycles. The first-order valence-electron chi connectivity index (χ1n) is 7.96. The van der Waals surface area contributed by atoms with Crippen molar-refractivity contribution in [3.05, 3.63) is 65.0 Å². The zero-order valence-electron chi connectivity index (χ0n) is 14.3. The van der Waals surface area contributed by atoms with Gasteiger partial charge in [0.05, 0.1) is 0 Å². The third-order valence-electron chi connectivity index (χ3n) is 3.53. The largest absolute Gasteiger partial charge is 0.484 e. The van der Waals surface area contributed by atoms with E-state index >= 15 is 0 Å². The van der Waals surface area contributed by atoms with E-state index in [0.29, 0.717) is 11.3 Å². The summed E-state index contributed by atoms with van der Waals surface area (Å²) in [6, 6.07) is 11.7. The molecule has 5 nitrogen and oxygen atoms in total.